The van der Waals surface area contributed by atoms with Gasteiger partial charge in [0.2, 0.25) is 0 Å². The molecule has 4 fully saturated rings. The van der Waals surface area contributed by atoms with Crippen LogP contribution in [0.5, 0.6) is 0 Å². The zero-order chi connectivity index (χ0) is 19.4. The Labute approximate surface area is 163 Å². The summed E-state index contributed by atoms with van der Waals surface area (Å²) in [6.45, 7) is 4.90. The summed E-state index contributed by atoms with van der Waals surface area (Å²) in [7, 11) is 0. The van der Waals surface area contributed by atoms with Gasteiger partial charge < -0.3 is 15.3 Å². The Morgan fingerprint density at radius 2 is 1.67 bits per heavy atom. The van der Waals surface area contributed by atoms with Crippen molar-refractivity contribution in [2.75, 3.05) is 0 Å². The molecule has 154 valence electrons. The predicted octanol–water partition coefficient (Wildman–Crippen LogP) is 4.23. The van der Waals surface area contributed by atoms with Crippen LogP contribution in [0.25, 0.3) is 0 Å². The Kier molecular flexibility index (Phi) is 5.12. The van der Waals surface area contributed by atoms with Crippen molar-refractivity contribution in [1.82, 2.24) is 0 Å². The average molecular weight is 379 g/mol. The smallest absolute Gasteiger partial charge is 0.303 e. The number of hydrogen-bond acceptors (Lipinski definition) is 3. The molecule has 0 heterocycles. The number of rotatable bonds is 4. The maximum atomic E-state index is 11.2. The molecule has 9 atom stereocenters. The highest BCUT2D eigenvalue weighted by Gasteiger charge is 2.62. The zero-order valence-corrected chi connectivity index (χ0v) is 17.1. The van der Waals surface area contributed by atoms with E-state index >= 15 is 0 Å². The molecule has 0 spiro atoms. The van der Waals surface area contributed by atoms with Gasteiger partial charge >= 0.3 is 5.97 Å². The first kappa shape index (κ1) is 19.7. The average Bonchev–Trinajstić information content (AvgIpc) is 2.93. The fourth-order valence-corrected chi connectivity index (χ4v) is 8.28. The largest absolute Gasteiger partial charge is 0.481 e. The van der Waals surface area contributed by atoms with Crippen molar-refractivity contribution in [2.45, 2.75) is 96.7 Å². The van der Waals surface area contributed by atoms with Crippen LogP contribution < -0.4 is 0 Å². The third-order valence-electron chi connectivity index (χ3n) is 9.80. The molecule has 0 aromatic heterocycles. The van der Waals surface area contributed by atoms with Crippen LogP contribution >= 0.6 is 0 Å². The lowest BCUT2D eigenvalue weighted by molar-refractivity contribution is -0.172. The molecule has 0 radical (unpaired) electrons. The van der Waals surface area contributed by atoms with E-state index in [1.807, 2.05) is 0 Å². The molecule has 4 rings (SSSR count). The predicted molar refractivity (Wildman–Crippen MR) is 104 cm³/mol. The number of carboxylic acids is 1. The molecular formula is C23H38O4. The molecule has 27 heavy (non-hydrogen) atoms. The van der Waals surface area contributed by atoms with Crippen LogP contribution in [0.4, 0.5) is 0 Å². The Morgan fingerprint density at radius 3 is 2.41 bits per heavy atom. The molecular weight excluding hydrogens is 340 g/mol. The van der Waals surface area contributed by atoms with E-state index in [4.69, 9.17) is 5.11 Å². The molecule has 4 aliphatic rings. The van der Waals surface area contributed by atoms with Gasteiger partial charge in [0.1, 0.15) is 0 Å². The number of fused-ring (bicyclic) bond motifs is 5. The molecule has 0 bridgehead atoms. The lowest BCUT2D eigenvalue weighted by atomic mass is 9.44. The molecule has 0 amide bonds. The van der Waals surface area contributed by atoms with E-state index in [1.54, 1.807) is 0 Å². The van der Waals surface area contributed by atoms with E-state index in [1.165, 1.54) is 25.7 Å². The molecule has 4 nitrogen and oxygen atoms in total. The molecule has 4 heteroatoms. The van der Waals surface area contributed by atoms with Gasteiger partial charge in [0, 0.05) is 6.42 Å². The van der Waals surface area contributed by atoms with E-state index in [2.05, 4.69) is 13.8 Å². The Balaban J connectivity index is 1.53. The summed E-state index contributed by atoms with van der Waals surface area (Å²) in [5.74, 6) is 1.99. The van der Waals surface area contributed by atoms with Crippen molar-refractivity contribution in [1.29, 1.82) is 0 Å². The number of hydrogen-bond donors (Lipinski definition) is 3. The molecule has 3 N–H and O–H groups in total. The lowest BCUT2D eigenvalue weighted by Gasteiger charge is -2.62. The van der Waals surface area contributed by atoms with E-state index < -0.39 is 5.97 Å². The summed E-state index contributed by atoms with van der Waals surface area (Å²) < 4.78 is 0. The van der Waals surface area contributed by atoms with Gasteiger partial charge in [-0.2, -0.15) is 0 Å². The van der Waals surface area contributed by atoms with Crippen LogP contribution in [-0.2, 0) is 4.79 Å². The topological polar surface area (TPSA) is 77.8 Å². The highest BCUT2D eigenvalue weighted by molar-refractivity contribution is 5.66. The minimum Gasteiger partial charge on any atom is -0.481 e. The Hall–Kier alpha value is -0.610. The molecule has 0 aromatic carbocycles. The first-order chi connectivity index (χ1) is 12.8. The second-order valence-corrected chi connectivity index (χ2v) is 10.8. The lowest BCUT2D eigenvalue weighted by Crippen LogP contribution is -2.58. The van der Waals surface area contributed by atoms with Crippen LogP contribution in [0, 0.1) is 40.4 Å². The van der Waals surface area contributed by atoms with Crippen molar-refractivity contribution in [3.05, 3.63) is 0 Å². The molecule has 0 saturated heterocycles. The fourth-order valence-electron chi connectivity index (χ4n) is 8.28. The van der Waals surface area contributed by atoms with Gasteiger partial charge in [-0.05, 0) is 105 Å². The zero-order valence-electron chi connectivity index (χ0n) is 17.1. The highest BCUT2D eigenvalue weighted by Crippen LogP contribution is 2.67. The van der Waals surface area contributed by atoms with Crippen LogP contribution in [0.1, 0.15) is 84.5 Å². The van der Waals surface area contributed by atoms with Gasteiger partial charge in [-0.25, -0.2) is 0 Å². The minimum absolute atomic E-state index is 0.175. The normalized spacial score (nSPS) is 51.9. The van der Waals surface area contributed by atoms with E-state index in [0.29, 0.717) is 29.6 Å². The SMILES string of the molecule is CC12CCC3C(C(O)CC4C[C@H](O)CCC43C)C1CCC2CCCC(=O)O. The summed E-state index contributed by atoms with van der Waals surface area (Å²) >= 11 is 0. The first-order valence-corrected chi connectivity index (χ1v) is 11.3. The first-order valence-electron chi connectivity index (χ1n) is 11.3. The van der Waals surface area contributed by atoms with Crippen LogP contribution in [0.2, 0.25) is 0 Å². The van der Waals surface area contributed by atoms with Crippen molar-refractivity contribution >= 4 is 5.97 Å². The third kappa shape index (κ3) is 3.15. The number of carbonyl (C=O) groups is 1. The monoisotopic (exact) mass is 378 g/mol. The summed E-state index contributed by atoms with van der Waals surface area (Å²) in [6.07, 6.45) is 10.3. The maximum Gasteiger partial charge on any atom is 0.303 e. The second kappa shape index (κ2) is 7.02. The number of carboxylic acid groups (broad SMARTS) is 1. The van der Waals surface area contributed by atoms with Gasteiger partial charge in [-0.15, -0.1) is 0 Å². The molecule has 4 saturated carbocycles. The summed E-state index contributed by atoms with van der Waals surface area (Å²) in [5.41, 5.74) is 0.559. The number of aliphatic hydroxyl groups excluding tert-OH is 2. The highest BCUT2D eigenvalue weighted by atomic mass is 16.4. The molecule has 0 aliphatic heterocycles. The van der Waals surface area contributed by atoms with Crippen molar-refractivity contribution in [3.63, 3.8) is 0 Å². The summed E-state index contributed by atoms with van der Waals surface area (Å²) in [6, 6.07) is 0. The van der Waals surface area contributed by atoms with Gasteiger partial charge in [0.15, 0.2) is 0 Å². The standard InChI is InChI=1S/C23H38O4/c1-22-11-9-18-21(17(22)7-6-14(22)4-3-5-20(26)27)19(25)13-15-12-16(24)8-10-23(15,18)2/h14-19,21,24-25H,3-13H2,1-2H3,(H,26,27)/t14?,15?,16-,17?,18?,19?,21?,22?,23?/m1/s1. The molecule has 8 unspecified atom stereocenters. The fraction of sp³-hybridized carbons (Fsp3) is 0.957. The molecule has 0 aromatic rings. The van der Waals surface area contributed by atoms with Crippen molar-refractivity contribution in [2.24, 2.45) is 40.4 Å². The summed E-state index contributed by atoms with van der Waals surface area (Å²) in [5, 5.41) is 30.3. The molecule has 4 aliphatic carbocycles. The third-order valence-corrected chi connectivity index (χ3v) is 9.80. The van der Waals surface area contributed by atoms with Crippen LogP contribution in [-0.4, -0.2) is 33.5 Å². The van der Waals surface area contributed by atoms with Crippen molar-refractivity contribution < 1.29 is 20.1 Å². The van der Waals surface area contributed by atoms with Gasteiger partial charge in [-0.3, -0.25) is 4.79 Å². The van der Waals surface area contributed by atoms with Crippen LogP contribution in [0.15, 0.2) is 0 Å². The quantitative estimate of drug-likeness (QED) is 0.684. The van der Waals surface area contributed by atoms with Crippen molar-refractivity contribution in [3.8, 4) is 0 Å². The maximum absolute atomic E-state index is 11.2. The van der Waals surface area contributed by atoms with Gasteiger partial charge in [-0.1, -0.05) is 13.8 Å². The summed E-state index contributed by atoms with van der Waals surface area (Å²) in [4.78, 5) is 10.9. The Morgan fingerprint density at radius 1 is 0.963 bits per heavy atom. The number of aliphatic hydroxyl groups is 2. The van der Waals surface area contributed by atoms with Gasteiger partial charge in [0.25, 0.3) is 0 Å². The number of aliphatic carboxylic acids is 1. The van der Waals surface area contributed by atoms with E-state index in [9.17, 15) is 15.0 Å². The minimum atomic E-state index is -0.681. The van der Waals surface area contributed by atoms with E-state index in [-0.39, 0.29) is 29.5 Å². The van der Waals surface area contributed by atoms with E-state index in [0.717, 1.165) is 38.5 Å². The Bertz CT molecular complexity index is 577. The van der Waals surface area contributed by atoms with Crippen LogP contribution in [0.3, 0.4) is 0 Å². The van der Waals surface area contributed by atoms with Gasteiger partial charge in [0.05, 0.1) is 12.2 Å². The second-order valence-electron chi connectivity index (χ2n) is 10.8.